The first-order chi connectivity index (χ1) is 16.4. The van der Waals surface area contributed by atoms with Crippen molar-refractivity contribution in [1.29, 1.82) is 0 Å². The van der Waals surface area contributed by atoms with Crippen molar-refractivity contribution >= 4 is 0 Å². The van der Waals surface area contributed by atoms with E-state index in [2.05, 4.69) is 0 Å². The Kier molecular flexibility index (Phi) is 15.3. The highest BCUT2D eigenvalue weighted by molar-refractivity contribution is 4.81. The molecule has 0 unspecified atom stereocenters. The van der Waals surface area contributed by atoms with E-state index in [1.54, 1.807) is 51.4 Å². The van der Waals surface area contributed by atoms with E-state index < -0.39 is 0 Å². The summed E-state index contributed by atoms with van der Waals surface area (Å²) in [5.41, 5.74) is 0. The van der Waals surface area contributed by atoms with Gasteiger partial charge in [-0.1, -0.05) is 173 Å². The molecule has 0 bridgehead atoms. The first kappa shape index (κ1) is 27.6. The molecule has 0 N–H and O–H groups in total. The number of rotatable bonds is 5. The van der Waals surface area contributed by atoms with Gasteiger partial charge in [-0.05, 0) is 36.5 Å². The molecular formula is C33H62. The monoisotopic (exact) mass is 458 g/mol. The van der Waals surface area contributed by atoms with Crippen LogP contribution < -0.4 is 0 Å². The molecule has 0 heteroatoms. The predicted molar refractivity (Wildman–Crippen MR) is 148 cm³/mol. The molecule has 0 saturated heterocycles. The van der Waals surface area contributed by atoms with E-state index in [9.17, 15) is 0 Å². The van der Waals surface area contributed by atoms with Gasteiger partial charge < -0.3 is 0 Å². The predicted octanol–water partition coefficient (Wildman–Crippen LogP) is 11.8. The summed E-state index contributed by atoms with van der Waals surface area (Å²) in [5, 5.41) is 0. The van der Waals surface area contributed by atoms with Crippen LogP contribution >= 0.6 is 0 Å². The molecule has 0 atom stereocenters. The molecule has 0 radical (unpaired) electrons. The van der Waals surface area contributed by atoms with Gasteiger partial charge in [-0.3, -0.25) is 0 Å². The average Bonchev–Trinajstić information content (AvgIpc) is 2.93. The molecule has 0 heterocycles. The fourth-order valence-electron chi connectivity index (χ4n) is 7.91. The molecule has 194 valence electrons. The molecule has 0 spiro atoms. The Morgan fingerprint density at radius 2 is 0.545 bits per heavy atom. The molecule has 5 rings (SSSR count). The minimum atomic E-state index is 1.11. The largest absolute Gasteiger partial charge is 0.0533 e. The summed E-state index contributed by atoms with van der Waals surface area (Å²) >= 11 is 0. The highest BCUT2D eigenvalue weighted by atomic mass is 14.3. The first-order valence-corrected chi connectivity index (χ1v) is 16.4. The molecule has 5 aliphatic rings. The summed E-state index contributed by atoms with van der Waals surface area (Å²) in [7, 11) is 0. The highest BCUT2D eigenvalue weighted by Gasteiger charge is 2.29. The van der Waals surface area contributed by atoms with Crippen LogP contribution in [-0.2, 0) is 0 Å². The Balaban J connectivity index is 0.000000207. The van der Waals surface area contributed by atoms with E-state index >= 15 is 0 Å². The minimum absolute atomic E-state index is 1.11. The van der Waals surface area contributed by atoms with Crippen LogP contribution in [0.3, 0.4) is 0 Å². The second kappa shape index (κ2) is 18.3. The lowest BCUT2D eigenvalue weighted by Gasteiger charge is -2.37. The van der Waals surface area contributed by atoms with Crippen molar-refractivity contribution in [1.82, 2.24) is 0 Å². The summed E-state index contributed by atoms with van der Waals surface area (Å²) in [6, 6.07) is 0. The maximum atomic E-state index is 1.61. The quantitative estimate of drug-likeness (QED) is 0.384. The van der Waals surface area contributed by atoms with Gasteiger partial charge in [-0.2, -0.15) is 0 Å². The lowest BCUT2D eigenvalue weighted by Crippen LogP contribution is -2.25. The normalized spacial score (nSPS) is 26.1. The fourth-order valence-corrected chi connectivity index (χ4v) is 7.91. The molecule has 0 aromatic carbocycles. The van der Waals surface area contributed by atoms with E-state index in [0.717, 1.165) is 23.7 Å². The summed E-state index contributed by atoms with van der Waals surface area (Å²) in [4.78, 5) is 0. The van der Waals surface area contributed by atoms with Gasteiger partial charge in [0.2, 0.25) is 0 Å². The van der Waals surface area contributed by atoms with Crippen molar-refractivity contribution in [2.45, 2.75) is 186 Å². The van der Waals surface area contributed by atoms with E-state index in [1.165, 1.54) is 135 Å². The molecule has 5 saturated carbocycles. The lowest BCUT2D eigenvalue weighted by molar-refractivity contribution is 0.149. The molecule has 0 amide bonds. The third kappa shape index (κ3) is 12.5. The molecule has 5 aliphatic carbocycles. The zero-order chi connectivity index (χ0) is 22.8. The topological polar surface area (TPSA) is 0 Å². The van der Waals surface area contributed by atoms with Gasteiger partial charge in [0, 0.05) is 0 Å². The maximum absolute atomic E-state index is 1.61. The average molecular weight is 459 g/mol. The first-order valence-electron chi connectivity index (χ1n) is 16.4. The van der Waals surface area contributed by atoms with Crippen molar-refractivity contribution in [3.05, 3.63) is 0 Å². The smallest absolute Gasteiger partial charge is 0.0381 e. The van der Waals surface area contributed by atoms with Crippen LogP contribution in [0.25, 0.3) is 0 Å². The van der Waals surface area contributed by atoms with E-state index in [-0.39, 0.29) is 0 Å². The molecule has 33 heavy (non-hydrogen) atoms. The van der Waals surface area contributed by atoms with Gasteiger partial charge in [0.15, 0.2) is 0 Å². The Bertz CT molecular complexity index is 358. The van der Waals surface area contributed by atoms with Crippen LogP contribution in [0.15, 0.2) is 0 Å². The summed E-state index contributed by atoms with van der Waals surface area (Å²) in [5.74, 6) is 4.43. The van der Waals surface area contributed by atoms with Gasteiger partial charge >= 0.3 is 0 Å². The van der Waals surface area contributed by atoms with Crippen LogP contribution in [0.4, 0.5) is 0 Å². The zero-order valence-corrected chi connectivity index (χ0v) is 22.8. The SMILES string of the molecule is C1CCC(CC(CC2CCCCC2)C2CCCCC2)CC1.C1CCCCC1.C1CCCCC1. The maximum Gasteiger partial charge on any atom is -0.0381 e. The fraction of sp³-hybridized carbons (Fsp3) is 1.00. The van der Waals surface area contributed by atoms with Gasteiger partial charge in [-0.15, -0.1) is 0 Å². The van der Waals surface area contributed by atoms with E-state index in [0.29, 0.717) is 0 Å². The molecule has 5 fully saturated rings. The summed E-state index contributed by atoms with van der Waals surface area (Å²) < 4.78 is 0. The Labute approximate surface area is 209 Å². The molecule has 0 aromatic heterocycles. The van der Waals surface area contributed by atoms with Gasteiger partial charge in [-0.25, -0.2) is 0 Å². The van der Waals surface area contributed by atoms with Crippen molar-refractivity contribution in [3.8, 4) is 0 Å². The zero-order valence-electron chi connectivity index (χ0n) is 22.8. The molecule has 0 nitrogen and oxygen atoms in total. The standard InChI is InChI=1S/C21H38.2C6H12/c1-4-10-18(11-5-1)16-21(20-14-8-3-9-15-20)17-19-12-6-2-7-13-19;2*1-2-4-6-5-3-1/h18-21H,1-17H2;2*1-6H2. The van der Waals surface area contributed by atoms with Crippen molar-refractivity contribution in [3.63, 3.8) is 0 Å². The molecular weight excluding hydrogens is 396 g/mol. The minimum Gasteiger partial charge on any atom is -0.0533 e. The van der Waals surface area contributed by atoms with Crippen LogP contribution in [0.2, 0.25) is 0 Å². The molecule has 0 aromatic rings. The molecule has 0 aliphatic heterocycles. The Morgan fingerprint density at radius 1 is 0.303 bits per heavy atom. The van der Waals surface area contributed by atoms with Crippen LogP contribution in [0.1, 0.15) is 186 Å². The Morgan fingerprint density at radius 3 is 0.848 bits per heavy atom. The summed E-state index contributed by atoms with van der Waals surface area (Å²) in [6.07, 6.45) is 44.4. The van der Waals surface area contributed by atoms with Crippen LogP contribution in [-0.4, -0.2) is 0 Å². The third-order valence-electron chi connectivity index (χ3n) is 10.0. The van der Waals surface area contributed by atoms with Crippen molar-refractivity contribution in [2.24, 2.45) is 23.7 Å². The second-order valence-electron chi connectivity index (χ2n) is 12.9. The van der Waals surface area contributed by atoms with Gasteiger partial charge in [0.1, 0.15) is 0 Å². The third-order valence-corrected chi connectivity index (χ3v) is 10.0. The van der Waals surface area contributed by atoms with Gasteiger partial charge in [0.25, 0.3) is 0 Å². The Hall–Kier alpha value is 0. The van der Waals surface area contributed by atoms with Gasteiger partial charge in [0.05, 0.1) is 0 Å². The number of hydrogen-bond donors (Lipinski definition) is 0. The second-order valence-corrected chi connectivity index (χ2v) is 12.9. The number of hydrogen-bond acceptors (Lipinski definition) is 0. The van der Waals surface area contributed by atoms with E-state index in [4.69, 9.17) is 0 Å². The summed E-state index contributed by atoms with van der Waals surface area (Å²) in [6.45, 7) is 0. The van der Waals surface area contributed by atoms with Crippen molar-refractivity contribution in [2.75, 3.05) is 0 Å². The van der Waals surface area contributed by atoms with Crippen molar-refractivity contribution < 1.29 is 0 Å². The highest BCUT2D eigenvalue weighted by Crippen LogP contribution is 2.42. The van der Waals surface area contributed by atoms with Crippen LogP contribution in [0, 0.1) is 23.7 Å². The van der Waals surface area contributed by atoms with E-state index in [1.807, 2.05) is 0 Å². The lowest BCUT2D eigenvalue weighted by atomic mass is 9.69. The van der Waals surface area contributed by atoms with Crippen LogP contribution in [0.5, 0.6) is 0 Å².